The van der Waals surface area contributed by atoms with E-state index in [2.05, 4.69) is 0 Å². The summed E-state index contributed by atoms with van der Waals surface area (Å²) in [6.07, 6.45) is 0.759. The van der Waals surface area contributed by atoms with Gasteiger partial charge < -0.3 is 20.5 Å². The molecular weight excluding hydrogens is 361 g/mol. The summed E-state index contributed by atoms with van der Waals surface area (Å²) in [7, 11) is 0. The standard InChI is InChI=1S/C17H14FN3O4S/c18-10-3-8-13-9(14(10)20-2-1-7(19)4-20)5-25-11-6-26-16(21(11)13)12(15(8)22)17(23)24/h3,6-7H,1-2,4-5,19H2,(H,23,24). The number of hydrogen-bond acceptors (Lipinski definition) is 6. The van der Waals surface area contributed by atoms with Crippen molar-refractivity contribution >= 4 is 38.7 Å². The summed E-state index contributed by atoms with van der Waals surface area (Å²) in [6.45, 7) is 1.27. The molecule has 1 aromatic carbocycles. The molecule has 0 bridgehead atoms. The number of anilines is 1. The number of hydrogen-bond donors (Lipinski definition) is 2. The third-order valence-corrected chi connectivity index (χ3v) is 5.98. The van der Waals surface area contributed by atoms with Crippen molar-refractivity contribution in [3.8, 4) is 5.88 Å². The molecule has 26 heavy (non-hydrogen) atoms. The Morgan fingerprint density at radius 3 is 2.96 bits per heavy atom. The van der Waals surface area contributed by atoms with Crippen LogP contribution in [-0.2, 0) is 6.61 Å². The molecule has 5 rings (SSSR count). The van der Waals surface area contributed by atoms with E-state index in [1.54, 1.807) is 9.78 Å². The fourth-order valence-electron chi connectivity index (χ4n) is 3.94. The van der Waals surface area contributed by atoms with Gasteiger partial charge in [0.25, 0.3) is 0 Å². The van der Waals surface area contributed by atoms with Crippen LogP contribution in [0.3, 0.4) is 0 Å². The zero-order chi connectivity index (χ0) is 18.2. The summed E-state index contributed by atoms with van der Waals surface area (Å²) in [6, 6.07) is 1.11. The van der Waals surface area contributed by atoms with Gasteiger partial charge in [-0.05, 0) is 12.5 Å². The van der Waals surface area contributed by atoms with Gasteiger partial charge >= 0.3 is 5.97 Å². The molecule has 4 heterocycles. The molecule has 1 unspecified atom stereocenters. The topological polar surface area (TPSA) is 97.3 Å². The summed E-state index contributed by atoms with van der Waals surface area (Å²) in [5.74, 6) is -1.43. The van der Waals surface area contributed by atoms with Crippen LogP contribution in [0.2, 0.25) is 0 Å². The van der Waals surface area contributed by atoms with E-state index in [0.29, 0.717) is 40.6 Å². The van der Waals surface area contributed by atoms with Crippen LogP contribution in [0.25, 0.3) is 15.7 Å². The predicted molar refractivity (Wildman–Crippen MR) is 95.1 cm³/mol. The predicted octanol–water partition coefficient (Wildman–Crippen LogP) is 1.78. The highest BCUT2D eigenvalue weighted by atomic mass is 32.1. The molecule has 0 amide bonds. The number of nitrogens with zero attached hydrogens (tertiary/aromatic N) is 2. The zero-order valence-electron chi connectivity index (χ0n) is 13.5. The maximum atomic E-state index is 15.0. The Labute approximate surface area is 150 Å². The Morgan fingerprint density at radius 2 is 2.27 bits per heavy atom. The number of carboxylic acids is 1. The van der Waals surface area contributed by atoms with Crippen LogP contribution in [0.15, 0.2) is 16.2 Å². The molecule has 2 aromatic heterocycles. The van der Waals surface area contributed by atoms with Gasteiger partial charge in [-0.2, -0.15) is 0 Å². The first-order valence-corrected chi connectivity index (χ1v) is 9.03. The molecule has 1 saturated heterocycles. The van der Waals surface area contributed by atoms with Gasteiger partial charge in [0.05, 0.1) is 22.0 Å². The minimum absolute atomic E-state index is 0.0318. The second kappa shape index (κ2) is 5.18. The van der Waals surface area contributed by atoms with Crippen molar-refractivity contribution in [3.63, 3.8) is 0 Å². The number of nitrogens with two attached hydrogens (primary N) is 1. The lowest BCUT2D eigenvalue weighted by Gasteiger charge is -2.26. The molecule has 1 atom stereocenters. The Kier molecular flexibility index (Phi) is 3.11. The van der Waals surface area contributed by atoms with Crippen molar-refractivity contribution in [1.29, 1.82) is 0 Å². The normalized spacial score (nSPS) is 18.8. The maximum absolute atomic E-state index is 15.0. The van der Waals surface area contributed by atoms with Crippen LogP contribution in [0, 0.1) is 5.82 Å². The van der Waals surface area contributed by atoms with Gasteiger partial charge in [0, 0.05) is 24.7 Å². The third-order valence-electron chi connectivity index (χ3n) is 5.05. The molecule has 3 aromatic rings. The number of carbonyl (C=O) groups is 1. The van der Waals surface area contributed by atoms with Crippen molar-refractivity contribution in [2.45, 2.75) is 19.1 Å². The van der Waals surface area contributed by atoms with Crippen LogP contribution in [0.4, 0.5) is 10.1 Å². The van der Waals surface area contributed by atoms with Crippen LogP contribution in [0.1, 0.15) is 22.3 Å². The first kappa shape index (κ1) is 15.6. The zero-order valence-corrected chi connectivity index (χ0v) is 14.3. The fraction of sp³-hybridized carbons (Fsp3) is 0.294. The van der Waals surface area contributed by atoms with Gasteiger partial charge in [0.2, 0.25) is 11.3 Å². The maximum Gasteiger partial charge on any atom is 0.342 e. The van der Waals surface area contributed by atoms with E-state index in [9.17, 15) is 19.1 Å². The number of ether oxygens (including phenoxy) is 1. The summed E-state index contributed by atoms with van der Waals surface area (Å²) in [4.78, 5) is 26.6. The van der Waals surface area contributed by atoms with Gasteiger partial charge in [-0.3, -0.25) is 9.20 Å². The van der Waals surface area contributed by atoms with Gasteiger partial charge in [-0.1, -0.05) is 0 Å². The summed E-state index contributed by atoms with van der Waals surface area (Å²) >= 11 is 1.13. The molecule has 2 aliphatic rings. The molecule has 9 heteroatoms. The molecule has 3 N–H and O–H groups in total. The molecule has 0 spiro atoms. The minimum atomic E-state index is -1.33. The number of pyridine rings is 1. The lowest BCUT2D eigenvalue weighted by Crippen LogP contribution is -2.29. The molecular formula is C17H14FN3O4S. The van der Waals surface area contributed by atoms with Crippen LogP contribution < -0.4 is 20.8 Å². The van der Waals surface area contributed by atoms with Crippen LogP contribution >= 0.6 is 11.3 Å². The summed E-state index contributed by atoms with van der Waals surface area (Å²) in [5.41, 5.74) is 6.40. The Bertz CT molecular complexity index is 1170. The highest BCUT2D eigenvalue weighted by Gasteiger charge is 2.32. The number of aromatic nitrogens is 1. The average molecular weight is 375 g/mol. The van der Waals surface area contributed by atoms with Gasteiger partial charge in [0.1, 0.15) is 22.8 Å². The highest BCUT2D eigenvalue weighted by molar-refractivity contribution is 7.16. The molecule has 0 saturated carbocycles. The molecule has 2 aliphatic heterocycles. The quantitative estimate of drug-likeness (QED) is 0.709. The van der Waals surface area contributed by atoms with Crippen molar-refractivity contribution in [1.82, 2.24) is 4.40 Å². The Morgan fingerprint density at radius 1 is 1.46 bits per heavy atom. The number of carboxylic acid groups (broad SMARTS) is 1. The largest absolute Gasteiger partial charge is 0.477 e. The van der Waals surface area contributed by atoms with E-state index in [1.807, 2.05) is 4.90 Å². The highest BCUT2D eigenvalue weighted by Crippen LogP contribution is 2.40. The second-order valence-electron chi connectivity index (χ2n) is 6.59. The summed E-state index contributed by atoms with van der Waals surface area (Å²) in [5, 5.41) is 11.2. The molecule has 1 fully saturated rings. The van der Waals surface area contributed by atoms with E-state index in [0.717, 1.165) is 23.8 Å². The molecule has 134 valence electrons. The number of benzene rings is 1. The van der Waals surface area contributed by atoms with Crippen molar-refractivity contribution in [2.24, 2.45) is 5.73 Å². The van der Waals surface area contributed by atoms with Gasteiger partial charge in [-0.25, -0.2) is 9.18 Å². The second-order valence-corrected chi connectivity index (χ2v) is 7.45. The summed E-state index contributed by atoms with van der Waals surface area (Å²) < 4.78 is 22.3. The Balaban J connectivity index is 1.95. The molecule has 0 aliphatic carbocycles. The number of thiazole rings is 1. The Hall–Kier alpha value is -2.65. The molecule has 7 nitrogen and oxygen atoms in total. The third kappa shape index (κ3) is 1.89. The lowest BCUT2D eigenvalue weighted by molar-refractivity contribution is 0.0697. The van der Waals surface area contributed by atoms with E-state index in [1.165, 1.54) is 0 Å². The minimum Gasteiger partial charge on any atom is -0.477 e. The van der Waals surface area contributed by atoms with E-state index < -0.39 is 17.2 Å². The number of rotatable bonds is 2. The fourth-order valence-corrected chi connectivity index (χ4v) is 4.91. The number of aromatic carboxylic acids is 1. The van der Waals surface area contributed by atoms with Gasteiger partial charge in [0.15, 0.2) is 0 Å². The van der Waals surface area contributed by atoms with Gasteiger partial charge in [-0.15, -0.1) is 11.3 Å². The van der Waals surface area contributed by atoms with E-state index in [4.69, 9.17) is 10.5 Å². The van der Waals surface area contributed by atoms with Crippen molar-refractivity contribution in [2.75, 3.05) is 18.0 Å². The first-order chi connectivity index (χ1) is 12.5. The first-order valence-electron chi connectivity index (χ1n) is 8.15. The van der Waals surface area contributed by atoms with Crippen molar-refractivity contribution < 1.29 is 19.0 Å². The average Bonchev–Trinajstić information content (AvgIpc) is 3.20. The molecule has 0 radical (unpaired) electrons. The van der Waals surface area contributed by atoms with Crippen LogP contribution in [-0.4, -0.2) is 34.6 Å². The monoisotopic (exact) mass is 375 g/mol. The van der Waals surface area contributed by atoms with E-state index in [-0.39, 0.29) is 23.6 Å². The smallest absolute Gasteiger partial charge is 0.342 e. The van der Waals surface area contributed by atoms with Crippen LogP contribution in [0.5, 0.6) is 5.88 Å². The van der Waals surface area contributed by atoms with Crippen molar-refractivity contribution in [3.05, 3.63) is 38.6 Å². The number of halogens is 1. The van der Waals surface area contributed by atoms with E-state index >= 15 is 0 Å². The SMILES string of the molecule is NC1CCN(c2c(F)cc3c(=O)c(C(=O)O)c4scc5n4c3c2CO5)C1. The lowest BCUT2D eigenvalue weighted by atomic mass is 10.0.